The quantitative estimate of drug-likeness (QED) is 0.619. The standard InChI is InChI=1S/C21H12B3N3O3/c25-13-16-7-1-4-10-19(16)22-28-23(20-11-5-2-8-17(20)14-26)30-24(29-22)21-12-6-3-9-18(21)15-27/h1-12H. The molecule has 0 N–H and O–H groups in total. The Morgan fingerprint density at radius 3 is 1.00 bits per heavy atom. The molecule has 138 valence electrons. The molecule has 1 heterocycles. The minimum absolute atomic E-state index is 0.407. The van der Waals surface area contributed by atoms with Crippen molar-refractivity contribution >= 4 is 37.7 Å². The Kier molecular flexibility index (Phi) is 5.66. The van der Waals surface area contributed by atoms with E-state index >= 15 is 0 Å². The normalized spacial score (nSPS) is 13.3. The second kappa shape index (κ2) is 8.70. The van der Waals surface area contributed by atoms with Crippen LogP contribution >= 0.6 is 0 Å². The van der Waals surface area contributed by atoms with Gasteiger partial charge in [0.15, 0.2) is 0 Å². The Balaban J connectivity index is 1.80. The third-order valence-corrected chi connectivity index (χ3v) is 4.75. The summed E-state index contributed by atoms with van der Waals surface area (Å²) in [6, 6.07) is 27.3. The number of nitrogens with zero attached hydrogens (tertiary/aromatic N) is 3. The first-order valence-corrected chi connectivity index (χ1v) is 9.18. The summed E-state index contributed by atoms with van der Waals surface area (Å²) in [4.78, 5) is 0. The minimum atomic E-state index is -0.928. The molecule has 1 aliphatic heterocycles. The van der Waals surface area contributed by atoms with Crippen molar-refractivity contribution in [2.45, 2.75) is 0 Å². The molecule has 1 aliphatic rings. The van der Waals surface area contributed by atoms with Crippen LogP contribution in [0.4, 0.5) is 0 Å². The van der Waals surface area contributed by atoms with E-state index in [9.17, 15) is 15.8 Å². The van der Waals surface area contributed by atoms with E-state index in [0.717, 1.165) is 0 Å². The molecule has 0 aliphatic carbocycles. The zero-order valence-corrected chi connectivity index (χ0v) is 15.7. The number of nitriles is 3. The number of benzene rings is 3. The van der Waals surface area contributed by atoms with Crippen molar-refractivity contribution in [1.82, 2.24) is 0 Å². The van der Waals surface area contributed by atoms with E-state index in [1.54, 1.807) is 72.8 Å². The van der Waals surface area contributed by atoms with Gasteiger partial charge in [0.05, 0.1) is 34.9 Å². The fourth-order valence-electron chi connectivity index (χ4n) is 3.29. The minimum Gasteiger partial charge on any atom is -0.445 e. The lowest BCUT2D eigenvalue weighted by molar-refractivity contribution is 0.308. The monoisotopic (exact) mass is 387 g/mol. The van der Waals surface area contributed by atoms with E-state index in [1.807, 2.05) is 0 Å². The van der Waals surface area contributed by atoms with Gasteiger partial charge in [0.25, 0.3) is 0 Å². The fourth-order valence-corrected chi connectivity index (χ4v) is 3.29. The maximum Gasteiger partial charge on any atom is 0.468 e. The highest BCUT2D eigenvalue weighted by atomic mass is 16.7. The Morgan fingerprint density at radius 1 is 0.467 bits per heavy atom. The van der Waals surface area contributed by atoms with Gasteiger partial charge >= 0.3 is 21.4 Å². The molecule has 0 radical (unpaired) electrons. The molecule has 6 nitrogen and oxygen atoms in total. The van der Waals surface area contributed by atoms with Gasteiger partial charge in [0.1, 0.15) is 0 Å². The lowest BCUT2D eigenvalue weighted by Gasteiger charge is -2.32. The summed E-state index contributed by atoms with van der Waals surface area (Å²) in [5, 5.41) is 28.5. The molecule has 3 aromatic carbocycles. The Hall–Kier alpha value is -3.80. The largest absolute Gasteiger partial charge is 0.468 e. The highest BCUT2D eigenvalue weighted by Crippen LogP contribution is 2.14. The smallest absolute Gasteiger partial charge is 0.445 e. The van der Waals surface area contributed by atoms with Crippen molar-refractivity contribution in [3.8, 4) is 18.2 Å². The second-order valence-corrected chi connectivity index (χ2v) is 6.50. The lowest BCUT2D eigenvalue weighted by atomic mass is 9.60. The van der Waals surface area contributed by atoms with Crippen molar-refractivity contribution in [1.29, 1.82) is 15.8 Å². The van der Waals surface area contributed by atoms with E-state index in [0.29, 0.717) is 33.1 Å². The van der Waals surface area contributed by atoms with Gasteiger partial charge in [-0.15, -0.1) is 0 Å². The van der Waals surface area contributed by atoms with Crippen LogP contribution in [0.3, 0.4) is 0 Å². The van der Waals surface area contributed by atoms with Gasteiger partial charge in [-0.25, -0.2) is 0 Å². The van der Waals surface area contributed by atoms with Gasteiger partial charge in [-0.3, -0.25) is 0 Å². The van der Waals surface area contributed by atoms with Gasteiger partial charge in [-0.05, 0) is 34.6 Å². The average Bonchev–Trinajstić information content (AvgIpc) is 2.83. The summed E-state index contributed by atoms with van der Waals surface area (Å²) in [6.45, 7) is 0. The fraction of sp³-hybridized carbons (Fsp3) is 0. The highest BCUT2D eigenvalue weighted by Gasteiger charge is 2.45. The van der Waals surface area contributed by atoms with Crippen LogP contribution in [0.1, 0.15) is 16.7 Å². The topological polar surface area (TPSA) is 99.1 Å². The number of hydrogen-bond acceptors (Lipinski definition) is 6. The average molecular weight is 387 g/mol. The van der Waals surface area contributed by atoms with Crippen LogP contribution < -0.4 is 16.4 Å². The van der Waals surface area contributed by atoms with Crippen LogP contribution in [0.2, 0.25) is 0 Å². The van der Waals surface area contributed by atoms with Gasteiger partial charge in [-0.2, -0.15) is 15.8 Å². The zero-order chi connectivity index (χ0) is 20.9. The highest BCUT2D eigenvalue weighted by molar-refractivity contribution is 6.87. The summed E-state index contributed by atoms with van der Waals surface area (Å²) in [6.07, 6.45) is 0. The van der Waals surface area contributed by atoms with E-state index in [4.69, 9.17) is 13.7 Å². The lowest BCUT2D eigenvalue weighted by Crippen LogP contribution is -2.62. The summed E-state index contributed by atoms with van der Waals surface area (Å²) >= 11 is 0. The molecule has 0 aromatic heterocycles. The summed E-state index contributed by atoms with van der Waals surface area (Å²) < 4.78 is 18.1. The van der Waals surface area contributed by atoms with Gasteiger partial charge < -0.3 is 13.7 Å². The maximum atomic E-state index is 9.50. The van der Waals surface area contributed by atoms with E-state index < -0.39 is 21.4 Å². The SMILES string of the molecule is N#Cc1ccccc1B1OB(c2ccccc2C#N)OB(c2ccccc2C#N)O1. The molecule has 1 saturated heterocycles. The molecule has 0 amide bonds. The van der Waals surface area contributed by atoms with Crippen molar-refractivity contribution in [2.24, 2.45) is 0 Å². The van der Waals surface area contributed by atoms with E-state index in [2.05, 4.69) is 18.2 Å². The van der Waals surface area contributed by atoms with Crippen molar-refractivity contribution in [2.75, 3.05) is 0 Å². The van der Waals surface area contributed by atoms with Crippen LogP contribution in [0.5, 0.6) is 0 Å². The molecule has 9 heteroatoms. The van der Waals surface area contributed by atoms with Crippen molar-refractivity contribution in [3.05, 3.63) is 89.5 Å². The molecule has 1 fully saturated rings. The van der Waals surface area contributed by atoms with Crippen molar-refractivity contribution in [3.63, 3.8) is 0 Å². The molecule has 4 rings (SSSR count). The first-order chi connectivity index (χ1) is 14.7. The zero-order valence-electron chi connectivity index (χ0n) is 15.7. The van der Waals surface area contributed by atoms with Gasteiger partial charge in [0, 0.05) is 0 Å². The summed E-state index contributed by atoms with van der Waals surface area (Å²) in [7, 11) is -2.78. The Bertz CT molecular complexity index is 1060. The molecule has 0 bridgehead atoms. The van der Waals surface area contributed by atoms with Crippen LogP contribution in [0.15, 0.2) is 72.8 Å². The van der Waals surface area contributed by atoms with Crippen LogP contribution in [-0.2, 0) is 13.7 Å². The molecule has 0 saturated carbocycles. The molecule has 0 unspecified atom stereocenters. The van der Waals surface area contributed by atoms with Gasteiger partial charge in [0.2, 0.25) is 0 Å². The predicted octanol–water partition coefficient (Wildman–Crippen LogP) is 0.851. The van der Waals surface area contributed by atoms with Crippen molar-refractivity contribution < 1.29 is 13.7 Å². The molecule has 3 aromatic rings. The molecular weight excluding hydrogens is 375 g/mol. The first kappa shape index (κ1) is 19.5. The Morgan fingerprint density at radius 2 is 0.733 bits per heavy atom. The van der Waals surface area contributed by atoms with Crippen LogP contribution in [-0.4, -0.2) is 21.4 Å². The third kappa shape index (κ3) is 3.72. The van der Waals surface area contributed by atoms with Crippen LogP contribution in [0, 0.1) is 34.0 Å². The van der Waals surface area contributed by atoms with Gasteiger partial charge in [-0.1, -0.05) is 54.6 Å². The van der Waals surface area contributed by atoms with E-state index in [1.165, 1.54) is 0 Å². The second-order valence-electron chi connectivity index (χ2n) is 6.50. The van der Waals surface area contributed by atoms with E-state index in [-0.39, 0.29) is 0 Å². The predicted molar refractivity (Wildman–Crippen MR) is 113 cm³/mol. The molecular formula is C21H12B3N3O3. The molecule has 30 heavy (non-hydrogen) atoms. The number of hydrogen-bond donors (Lipinski definition) is 0. The number of rotatable bonds is 3. The van der Waals surface area contributed by atoms with Crippen LogP contribution in [0.25, 0.3) is 0 Å². The summed E-state index contributed by atoms with van der Waals surface area (Å²) in [5.74, 6) is 0. The molecule has 0 atom stereocenters. The Labute approximate surface area is 175 Å². The summed E-state index contributed by atoms with van der Waals surface area (Å²) in [5.41, 5.74) is 2.85. The maximum absolute atomic E-state index is 9.50. The first-order valence-electron chi connectivity index (χ1n) is 9.18. The third-order valence-electron chi connectivity index (χ3n) is 4.75. The molecule has 0 spiro atoms.